The molecule has 0 fully saturated rings. The minimum Gasteiger partial charge on any atom is -0.327 e. The van der Waals surface area contributed by atoms with E-state index in [2.05, 4.69) is 29.5 Å². The van der Waals surface area contributed by atoms with Gasteiger partial charge in [-0.1, -0.05) is 19.1 Å². The number of halogens is 1. The lowest BCUT2D eigenvalue weighted by molar-refractivity contribution is 0.597. The van der Waals surface area contributed by atoms with Crippen molar-refractivity contribution >= 4 is 23.4 Å². The predicted molar refractivity (Wildman–Crippen MR) is 69.9 cm³/mol. The predicted octanol–water partition coefficient (Wildman–Crippen LogP) is 2.89. The second-order valence-electron chi connectivity index (χ2n) is 3.72. The summed E-state index contributed by atoms with van der Waals surface area (Å²) in [5, 5.41) is 0. The van der Waals surface area contributed by atoms with Gasteiger partial charge >= 0.3 is 0 Å². The quantitative estimate of drug-likeness (QED) is 0.895. The number of para-hydroxylation sites is 2. The highest BCUT2D eigenvalue weighted by Crippen LogP contribution is 2.20. The normalized spacial score (nSPS) is 12.4. The van der Waals surface area contributed by atoms with Crippen LogP contribution < -0.4 is 5.73 Å². The summed E-state index contributed by atoms with van der Waals surface area (Å²) in [7, 11) is 0. The largest absolute Gasteiger partial charge is 0.327 e. The number of aryl methyl sites for hydroxylation is 1. The maximum absolute atomic E-state index is 6.05. The second kappa shape index (κ2) is 5.32. The van der Waals surface area contributed by atoms with E-state index < -0.39 is 0 Å². The number of nitrogens with zero attached hydrogens (tertiary/aromatic N) is 2. The third-order valence-electron chi connectivity index (χ3n) is 2.77. The molecule has 2 N–H and O–H groups in total. The number of fused-ring (bicyclic) bond motifs is 1. The van der Waals surface area contributed by atoms with Crippen molar-refractivity contribution in [1.82, 2.24) is 9.55 Å². The molecule has 1 unspecified atom stereocenters. The standard InChI is InChI=1S/C12H17N3.ClH/c1-3-9(13)12-14-10-7-5-6-8-11(10)15(12)4-2;/h5-9H,3-4,13H2,1-2H3;1H. The summed E-state index contributed by atoms with van der Waals surface area (Å²) in [5.41, 5.74) is 8.27. The summed E-state index contributed by atoms with van der Waals surface area (Å²) in [6, 6.07) is 8.22. The van der Waals surface area contributed by atoms with Crippen LogP contribution in [0.3, 0.4) is 0 Å². The van der Waals surface area contributed by atoms with Gasteiger partial charge in [0.05, 0.1) is 17.1 Å². The molecule has 0 saturated carbocycles. The summed E-state index contributed by atoms with van der Waals surface area (Å²) >= 11 is 0. The molecule has 0 saturated heterocycles. The number of imidazole rings is 1. The lowest BCUT2D eigenvalue weighted by atomic mass is 10.2. The first-order chi connectivity index (χ1) is 7.27. The zero-order valence-corrected chi connectivity index (χ0v) is 10.5. The topological polar surface area (TPSA) is 43.8 Å². The van der Waals surface area contributed by atoms with Crippen LogP contribution in [0, 0.1) is 0 Å². The highest BCUT2D eigenvalue weighted by molar-refractivity contribution is 5.85. The van der Waals surface area contributed by atoms with Gasteiger partial charge in [0, 0.05) is 6.54 Å². The molecular formula is C12H18ClN3. The number of hydrogen-bond donors (Lipinski definition) is 1. The highest BCUT2D eigenvalue weighted by atomic mass is 35.5. The minimum atomic E-state index is 0. The number of hydrogen-bond acceptors (Lipinski definition) is 2. The second-order valence-corrected chi connectivity index (χ2v) is 3.72. The molecule has 0 aliphatic carbocycles. The van der Waals surface area contributed by atoms with Gasteiger partial charge in [-0.15, -0.1) is 12.4 Å². The molecule has 2 aromatic rings. The Morgan fingerprint density at radius 3 is 2.62 bits per heavy atom. The number of benzene rings is 1. The maximum atomic E-state index is 6.05. The van der Waals surface area contributed by atoms with Gasteiger partial charge in [-0.3, -0.25) is 0 Å². The van der Waals surface area contributed by atoms with Crippen molar-refractivity contribution in [2.75, 3.05) is 0 Å². The van der Waals surface area contributed by atoms with Crippen molar-refractivity contribution in [3.8, 4) is 0 Å². The molecule has 0 radical (unpaired) electrons. The van der Waals surface area contributed by atoms with Gasteiger partial charge in [0.2, 0.25) is 0 Å². The van der Waals surface area contributed by atoms with Crippen molar-refractivity contribution in [1.29, 1.82) is 0 Å². The van der Waals surface area contributed by atoms with Gasteiger partial charge in [0.25, 0.3) is 0 Å². The van der Waals surface area contributed by atoms with Crippen LogP contribution in [-0.4, -0.2) is 9.55 Å². The maximum Gasteiger partial charge on any atom is 0.126 e. The van der Waals surface area contributed by atoms with Crippen LogP contribution in [0.4, 0.5) is 0 Å². The molecule has 0 bridgehead atoms. The number of nitrogens with two attached hydrogens (primary N) is 1. The van der Waals surface area contributed by atoms with Crippen LogP contribution >= 0.6 is 12.4 Å². The van der Waals surface area contributed by atoms with Crippen molar-refractivity contribution in [2.45, 2.75) is 32.9 Å². The minimum absolute atomic E-state index is 0. The number of aromatic nitrogens is 2. The average molecular weight is 240 g/mol. The molecule has 4 heteroatoms. The van der Waals surface area contributed by atoms with Gasteiger partial charge in [0.1, 0.15) is 5.82 Å². The van der Waals surface area contributed by atoms with Crippen LogP contribution in [-0.2, 0) is 6.54 Å². The molecule has 1 atom stereocenters. The Morgan fingerprint density at radius 2 is 2.00 bits per heavy atom. The van der Waals surface area contributed by atoms with E-state index >= 15 is 0 Å². The smallest absolute Gasteiger partial charge is 0.126 e. The molecule has 1 heterocycles. The molecule has 0 aliphatic heterocycles. The molecular weight excluding hydrogens is 222 g/mol. The molecule has 16 heavy (non-hydrogen) atoms. The summed E-state index contributed by atoms with van der Waals surface area (Å²) in [6.45, 7) is 5.13. The van der Waals surface area contributed by atoms with E-state index in [0.717, 1.165) is 24.3 Å². The zero-order chi connectivity index (χ0) is 10.8. The van der Waals surface area contributed by atoms with Crippen LogP contribution in [0.5, 0.6) is 0 Å². The molecule has 3 nitrogen and oxygen atoms in total. The van der Waals surface area contributed by atoms with E-state index in [1.54, 1.807) is 0 Å². The van der Waals surface area contributed by atoms with E-state index in [4.69, 9.17) is 5.73 Å². The molecule has 88 valence electrons. The van der Waals surface area contributed by atoms with Crippen molar-refractivity contribution in [3.63, 3.8) is 0 Å². The summed E-state index contributed by atoms with van der Waals surface area (Å²) < 4.78 is 2.20. The average Bonchev–Trinajstić information content (AvgIpc) is 2.66. The van der Waals surface area contributed by atoms with Crippen LogP contribution in [0.1, 0.15) is 32.1 Å². The van der Waals surface area contributed by atoms with Gasteiger partial charge in [-0.05, 0) is 25.5 Å². The monoisotopic (exact) mass is 239 g/mol. The first-order valence-electron chi connectivity index (χ1n) is 5.48. The van der Waals surface area contributed by atoms with E-state index in [0.29, 0.717) is 0 Å². The Bertz CT molecular complexity index is 464. The van der Waals surface area contributed by atoms with Crippen molar-refractivity contribution in [3.05, 3.63) is 30.1 Å². The van der Waals surface area contributed by atoms with Crippen molar-refractivity contribution < 1.29 is 0 Å². The molecule has 1 aromatic carbocycles. The van der Waals surface area contributed by atoms with Gasteiger partial charge in [-0.2, -0.15) is 0 Å². The molecule has 0 amide bonds. The Kier molecular flexibility index (Phi) is 4.33. The van der Waals surface area contributed by atoms with Gasteiger partial charge in [0.15, 0.2) is 0 Å². The van der Waals surface area contributed by atoms with Crippen molar-refractivity contribution in [2.24, 2.45) is 5.73 Å². The lowest BCUT2D eigenvalue weighted by Crippen LogP contribution is -2.15. The van der Waals surface area contributed by atoms with Crippen LogP contribution in [0.15, 0.2) is 24.3 Å². The Morgan fingerprint density at radius 1 is 1.31 bits per heavy atom. The third kappa shape index (κ3) is 2.06. The zero-order valence-electron chi connectivity index (χ0n) is 9.68. The molecule has 0 spiro atoms. The Hall–Kier alpha value is -1.06. The number of rotatable bonds is 3. The van der Waals surface area contributed by atoms with E-state index in [1.165, 1.54) is 5.52 Å². The fourth-order valence-corrected chi connectivity index (χ4v) is 1.89. The molecule has 1 aromatic heterocycles. The van der Waals surface area contributed by atoms with Gasteiger partial charge < -0.3 is 10.3 Å². The highest BCUT2D eigenvalue weighted by Gasteiger charge is 2.13. The van der Waals surface area contributed by atoms with E-state index in [-0.39, 0.29) is 18.4 Å². The SMILES string of the molecule is CCC(N)c1nc2ccccc2n1CC.Cl. The van der Waals surface area contributed by atoms with Crippen LogP contribution in [0.25, 0.3) is 11.0 Å². The fraction of sp³-hybridized carbons (Fsp3) is 0.417. The first kappa shape index (κ1) is 13.0. The fourth-order valence-electron chi connectivity index (χ4n) is 1.89. The van der Waals surface area contributed by atoms with Gasteiger partial charge in [-0.25, -0.2) is 4.98 Å². The third-order valence-corrected chi connectivity index (χ3v) is 2.77. The summed E-state index contributed by atoms with van der Waals surface area (Å²) in [6.07, 6.45) is 0.920. The van der Waals surface area contributed by atoms with Crippen LogP contribution in [0.2, 0.25) is 0 Å². The first-order valence-corrected chi connectivity index (χ1v) is 5.48. The lowest BCUT2D eigenvalue weighted by Gasteiger charge is -2.10. The Balaban J connectivity index is 0.00000128. The summed E-state index contributed by atoms with van der Waals surface area (Å²) in [4.78, 5) is 4.59. The molecule has 2 rings (SSSR count). The van der Waals surface area contributed by atoms with E-state index in [1.807, 2.05) is 18.2 Å². The summed E-state index contributed by atoms with van der Waals surface area (Å²) in [5.74, 6) is 1.00. The Labute approximate surface area is 102 Å². The molecule has 0 aliphatic rings. The van der Waals surface area contributed by atoms with E-state index in [9.17, 15) is 0 Å².